The van der Waals surface area contributed by atoms with Crippen LogP contribution in [0.3, 0.4) is 0 Å². The van der Waals surface area contributed by atoms with Gasteiger partial charge in [0.1, 0.15) is 11.8 Å². The Labute approximate surface area is 243 Å². The van der Waals surface area contributed by atoms with Crippen molar-refractivity contribution < 1.29 is 14.3 Å². The van der Waals surface area contributed by atoms with E-state index in [1.807, 2.05) is 103 Å². The molecule has 4 aromatic carbocycles. The summed E-state index contributed by atoms with van der Waals surface area (Å²) >= 11 is 0. The summed E-state index contributed by atoms with van der Waals surface area (Å²) in [6.07, 6.45) is 2.00. The molecular weight excluding hydrogens is 510 g/mol. The topological polar surface area (TPSA) is 70.7 Å². The van der Waals surface area contributed by atoms with Crippen molar-refractivity contribution in [2.75, 3.05) is 27.2 Å². The minimum atomic E-state index is -0.646. The molecule has 0 aliphatic heterocycles. The lowest BCUT2D eigenvalue weighted by Crippen LogP contribution is -2.47. The van der Waals surface area contributed by atoms with Gasteiger partial charge in [-0.05, 0) is 73.3 Å². The molecule has 41 heavy (non-hydrogen) atoms. The molecule has 2 N–H and O–H groups in total. The van der Waals surface area contributed by atoms with Crippen LogP contribution in [0.15, 0.2) is 109 Å². The second-order valence-corrected chi connectivity index (χ2v) is 10.2. The zero-order valence-corrected chi connectivity index (χ0v) is 23.9. The van der Waals surface area contributed by atoms with Gasteiger partial charge in [0.15, 0.2) is 0 Å². The molecule has 2 amide bonds. The van der Waals surface area contributed by atoms with Crippen LogP contribution in [-0.2, 0) is 17.8 Å². The summed E-state index contributed by atoms with van der Waals surface area (Å²) in [6.45, 7) is 2.05. The van der Waals surface area contributed by atoms with E-state index in [4.69, 9.17) is 4.74 Å². The van der Waals surface area contributed by atoms with Crippen LogP contribution in [0.25, 0.3) is 11.1 Å². The second-order valence-electron chi connectivity index (χ2n) is 10.2. The smallest absolute Gasteiger partial charge is 0.252 e. The average molecular weight is 550 g/mol. The number of benzene rings is 4. The van der Waals surface area contributed by atoms with Gasteiger partial charge in [-0.1, -0.05) is 91.0 Å². The van der Waals surface area contributed by atoms with Crippen LogP contribution in [0.1, 0.15) is 34.3 Å². The van der Waals surface area contributed by atoms with Crippen LogP contribution in [0, 0.1) is 0 Å². The second kappa shape index (κ2) is 15.4. The molecule has 0 aromatic heterocycles. The molecule has 1 atom stereocenters. The van der Waals surface area contributed by atoms with E-state index >= 15 is 0 Å². The summed E-state index contributed by atoms with van der Waals surface area (Å²) in [6, 6.07) is 34.8. The van der Waals surface area contributed by atoms with E-state index in [1.54, 1.807) is 7.11 Å². The molecule has 0 spiro atoms. The number of nitrogens with one attached hydrogen (secondary N) is 2. The molecule has 4 rings (SSSR count). The Morgan fingerprint density at radius 3 is 2.27 bits per heavy atom. The third-order valence-electron chi connectivity index (χ3n) is 7.05. The minimum Gasteiger partial charge on any atom is -0.497 e. The van der Waals surface area contributed by atoms with Crippen molar-refractivity contribution in [2.45, 2.75) is 31.8 Å². The van der Waals surface area contributed by atoms with Gasteiger partial charge in [-0.3, -0.25) is 9.59 Å². The minimum absolute atomic E-state index is 0.165. The van der Waals surface area contributed by atoms with E-state index in [9.17, 15) is 9.59 Å². The number of carbonyl (C=O) groups excluding carboxylic acids is 2. The molecule has 212 valence electrons. The fourth-order valence-corrected chi connectivity index (χ4v) is 4.88. The maximum absolute atomic E-state index is 13.5. The number of hydrogen-bond acceptors (Lipinski definition) is 4. The molecule has 0 aliphatic carbocycles. The molecule has 6 heteroatoms. The summed E-state index contributed by atoms with van der Waals surface area (Å²) in [5.74, 6) is 0.418. The Kier molecular flexibility index (Phi) is 11.1. The zero-order valence-electron chi connectivity index (χ0n) is 23.9. The lowest BCUT2D eigenvalue weighted by molar-refractivity contribution is -0.123. The Balaban J connectivity index is 1.41. The third kappa shape index (κ3) is 9.05. The summed E-state index contributed by atoms with van der Waals surface area (Å²) in [4.78, 5) is 29.1. The largest absolute Gasteiger partial charge is 0.497 e. The number of carbonyl (C=O) groups is 2. The van der Waals surface area contributed by atoms with Crippen molar-refractivity contribution in [1.29, 1.82) is 0 Å². The van der Waals surface area contributed by atoms with Gasteiger partial charge in [0.2, 0.25) is 5.91 Å². The normalized spacial score (nSPS) is 11.6. The molecule has 0 aliphatic rings. The fraction of sp³-hybridized carbons (Fsp3) is 0.257. The van der Waals surface area contributed by atoms with E-state index < -0.39 is 6.04 Å². The Morgan fingerprint density at radius 1 is 0.829 bits per heavy atom. The number of hydrogen-bond donors (Lipinski definition) is 2. The van der Waals surface area contributed by atoms with Crippen molar-refractivity contribution in [3.63, 3.8) is 0 Å². The van der Waals surface area contributed by atoms with Gasteiger partial charge >= 0.3 is 0 Å². The van der Waals surface area contributed by atoms with Crippen LogP contribution in [0.2, 0.25) is 0 Å². The first-order valence-electron chi connectivity index (χ1n) is 14.1. The number of nitrogens with zero attached hydrogens (tertiary/aromatic N) is 1. The number of ether oxygens (including phenoxy) is 1. The average Bonchev–Trinajstić information content (AvgIpc) is 3.01. The van der Waals surface area contributed by atoms with Gasteiger partial charge in [-0.2, -0.15) is 0 Å². The highest BCUT2D eigenvalue weighted by Crippen LogP contribution is 2.23. The quantitative estimate of drug-likeness (QED) is 0.211. The van der Waals surface area contributed by atoms with Crippen molar-refractivity contribution in [2.24, 2.45) is 0 Å². The Bertz CT molecular complexity index is 1390. The Morgan fingerprint density at radius 2 is 1.51 bits per heavy atom. The molecule has 0 radical (unpaired) electrons. The predicted octanol–water partition coefficient (Wildman–Crippen LogP) is 5.73. The van der Waals surface area contributed by atoms with E-state index in [2.05, 4.69) is 28.6 Å². The van der Waals surface area contributed by atoms with E-state index in [1.165, 1.54) is 0 Å². The van der Waals surface area contributed by atoms with Crippen LogP contribution < -0.4 is 15.4 Å². The first-order chi connectivity index (χ1) is 20.0. The summed E-state index contributed by atoms with van der Waals surface area (Å²) in [5.41, 5.74) is 4.67. The van der Waals surface area contributed by atoms with Crippen molar-refractivity contribution >= 4 is 11.8 Å². The molecule has 0 unspecified atom stereocenters. The lowest BCUT2D eigenvalue weighted by Gasteiger charge is -2.22. The number of methoxy groups -OCH3 is 1. The van der Waals surface area contributed by atoms with Crippen molar-refractivity contribution in [3.8, 4) is 16.9 Å². The maximum atomic E-state index is 13.5. The van der Waals surface area contributed by atoms with E-state index in [0.29, 0.717) is 18.5 Å². The van der Waals surface area contributed by atoms with Gasteiger partial charge in [0.05, 0.1) is 7.11 Å². The maximum Gasteiger partial charge on any atom is 0.252 e. The van der Waals surface area contributed by atoms with Gasteiger partial charge in [0, 0.05) is 18.7 Å². The predicted molar refractivity (Wildman–Crippen MR) is 165 cm³/mol. The molecule has 6 nitrogen and oxygen atoms in total. The molecule has 0 saturated carbocycles. The SMILES string of the molecule is COc1cccc(CN(C)CCC[C@H](NC(=O)c2ccccc2-c2ccccc2)C(=O)NCCc2ccccc2)c1. The summed E-state index contributed by atoms with van der Waals surface area (Å²) in [7, 11) is 3.73. The van der Waals surface area contributed by atoms with Crippen molar-refractivity contribution in [3.05, 3.63) is 126 Å². The van der Waals surface area contributed by atoms with E-state index in [-0.39, 0.29) is 11.8 Å². The summed E-state index contributed by atoms with van der Waals surface area (Å²) < 4.78 is 5.34. The number of amides is 2. The van der Waals surface area contributed by atoms with Crippen LogP contribution in [0.4, 0.5) is 0 Å². The molecular formula is C35H39N3O3. The highest BCUT2D eigenvalue weighted by Gasteiger charge is 2.23. The van der Waals surface area contributed by atoms with Gasteiger partial charge in [-0.25, -0.2) is 0 Å². The lowest BCUT2D eigenvalue weighted by atomic mass is 9.98. The Hall–Kier alpha value is -4.42. The van der Waals surface area contributed by atoms with Crippen LogP contribution in [0.5, 0.6) is 5.75 Å². The number of rotatable bonds is 14. The zero-order chi connectivity index (χ0) is 28.9. The molecule has 0 heterocycles. The van der Waals surface area contributed by atoms with Gasteiger partial charge in [-0.15, -0.1) is 0 Å². The van der Waals surface area contributed by atoms with E-state index in [0.717, 1.165) is 53.9 Å². The molecule has 0 saturated heterocycles. The highest BCUT2D eigenvalue weighted by atomic mass is 16.5. The molecule has 0 fully saturated rings. The standard InChI is InChI=1S/C35H39N3O3/c1-38(26-28-15-11-18-30(25-28)41-2)24-12-21-33(35(40)36-23-22-27-13-5-3-6-14-27)37-34(39)32-20-10-9-19-31(32)29-16-7-4-8-17-29/h3-11,13-20,25,33H,12,21-24,26H2,1-2H3,(H,36,40)(H,37,39)/t33-/m0/s1. The highest BCUT2D eigenvalue weighted by molar-refractivity contribution is 6.02. The fourth-order valence-electron chi connectivity index (χ4n) is 4.88. The van der Waals surface area contributed by atoms with Crippen molar-refractivity contribution in [1.82, 2.24) is 15.5 Å². The monoisotopic (exact) mass is 549 g/mol. The van der Waals surface area contributed by atoms with Gasteiger partial charge in [0.25, 0.3) is 5.91 Å². The summed E-state index contributed by atoms with van der Waals surface area (Å²) in [5, 5.41) is 6.09. The molecule has 0 bridgehead atoms. The third-order valence-corrected chi connectivity index (χ3v) is 7.05. The van der Waals surface area contributed by atoms with Gasteiger partial charge < -0.3 is 20.3 Å². The van der Waals surface area contributed by atoms with Crippen LogP contribution in [-0.4, -0.2) is 50.0 Å². The first-order valence-corrected chi connectivity index (χ1v) is 14.1. The van der Waals surface area contributed by atoms with Crippen LogP contribution >= 0.6 is 0 Å². The first kappa shape index (κ1) is 29.6. The molecule has 4 aromatic rings.